The van der Waals surface area contributed by atoms with Crippen LogP contribution in [0.4, 0.5) is 4.39 Å². The molecule has 1 aromatic rings. The van der Waals surface area contributed by atoms with E-state index in [9.17, 15) is 14.0 Å². The fraction of sp³-hybridized carbons (Fsp3) is 0.652. The van der Waals surface area contributed by atoms with Crippen molar-refractivity contribution in [3.8, 4) is 0 Å². The van der Waals surface area contributed by atoms with Crippen LogP contribution in [0.2, 0.25) is 0 Å². The van der Waals surface area contributed by atoms with Crippen LogP contribution >= 0.6 is 12.4 Å². The van der Waals surface area contributed by atoms with E-state index in [0.717, 1.165) is 31.5 Å². The Hall–Kier alpha value is -1.70. The number of rotatable bonds is 3. The number of nitrogens with one attached hydrogen (secondary N) is 1. The van der Waals surface area contributed by atoms with Crippen molar-refractivity contribution >= 4 is 24.2 Å². The molecule has 3 aliphatic heterocycles. The maximum Gasteiger partial charge on any atom is 0.256 e. The first-order chi connectivity index (χ1) is 14.4. The lowest BCUT2D eigenvalue weighted by molar-refractivity contribution is -0.155. The van der Waals surface area contributed by atoms with E-state index >= 15 is 0 Å². The highest BCUT2D eigenvalue weighted by atomic mass is 35.5. The van der Waals surface area contributed by atoms with Gasteiger partial charge in [0.05, 0.1) is 17.1 Å². The van der Waals surface area contributed by atoms with Crippen LogP contribution in [0.3, 0.4) is 0 Å². The number of carbonyl (C=O) groups is 2. The summed E-state index contributed by atoms with van der Waals surface area (Å²) in [5.41, 5.74) is 0.727. The van der Waals surface area contributed by atoms with Crippen molar-refractivity contribution < 1.29 is 18.7 Å². The van der Waals surface area contributed by atoms with E-state index in [4.69, 9.17) is 4.74 Å². The van der Waals surface area contributed by atoms with Gasteiger partial charge in [-0.1, -0.05) is 6.07 Å². The monoisotopic (exact) mass is 453 g/mol. The fourth-order valence-corrected chi connectivity index (χ4v) is 5.38. The van der Waals surface area contributed by atoms with Crippen molar-refractivity contribution in [3.05, 3.63) is 35.1 Å². The zero-order valence-corrected chi connectivity index (χ0v) is 19.2. The summed E-state index contributed by atoms with van der Waals surface area (Å²) < 4.78 is 20.1. The number of methoxy groups -OCH3 is 1. The first-order valence-electron chi connectivity index (χ1n) is 11.0. The number of likely N-dealkylation sites (N-methyl/N-ethyl adjacent to an activating group) is 1. The van der Waals surface area contributed by atoms with Gasteiger partial charge in [-0.3, -0.25) is 9.59 Å². The molecule has 3 heterocycles. The Bertz CT molecular complexity index is 807. The molecule has 0 aliphatic carbocycles. The van der Waals surface area contributed by atoms with Crippen LogP contribution < -0.4 is 5.32 Å². The van der Waals surface area contributed by atoms with Gasteiger partial charge in [-0.2, -0.15) is 0 Å². The van der Waals surface area contributed by atoms with Crippen molar-refractivity contribution in [2.24, 2.45) is 5.41 Å². The van der Waals surface area contributed by atoms with Gasteiger partial charge < -0.3 is 19.9 Å². The highest BCUT2D eigenvalue weighted by Gasteiger charge is 2.48. The molecule has 3 aliphatic rings. The molecular formula is C23H33ClFN3O3. The van der Waals surface area contributed by atoms with E-state index in [1.54, 1.807) is 23.0 Å². The average molecular weight is 454 g/mol. The average Bonchev–Trinajstić information content (AvgIpc) is 2.78. The van der Waals surface area contributed by atoms with E-state index in [1.807, 2.05) is 13.1 Å². The van der Waals surface area contributed by atoms with Crippen LogP contribution in [0, 0.1) is 11.2 Å². The summed E-state index contributed by atoms with van der Waals surface area (Å²) in [6.07, 6.45) is 3.90. The third kappa shape index (κ3) is 4.73. The first-order valence-corrected chi connectivity index (χ1v) is 11.0. The van der Waals surface area contributed by atoms with Gasteiger partial charge in [-0.15, -0.1) is 12.4 Å². The molecule has 0 radical (unpaired) electrons. The van der Waals surface area contributed by atoms with Gasteiger partial charge in [0.15, 0.2) is 0 Å². The fourth-order valence-electron chi connectivity index (χ4n) is 5.38. The van der Waals surface area contributed by atoms with Crippen molar-refractivity contribution in [2.75, 3.05) is 46.9 Å². The summed E-state index contributed by atoms with van der Waals surface area (Å²) in [5, 5.41) is 3.34. The second kappa shape index (κ2) is 9.84. The number of ether oxygens (including phenoxy) is 1. The SMILES string of the molecule is COC1CN(C)C(=O)C2(CCN(C(=O)c3cc(C4CCNCC4)ccc3F)CC2)C1.Cl. The number of piperidine rings is 3. The molecule has 6 nitrogen and oxygen atoms in total. The maximum atomic E-state index is 14.6. The van der Waals surface area contributed by atoms with Gasteiger partial charge in [-0.05, 0) is 68.8 Å². The van der Waals surface area contributed by atoms with Crippen LogP contribution in [0.15, 0.2) is 18.2 Å². The molecule has 172 valence electrons. The van der Waals surface area contributed by atoms with Gasteiger partial charge in [0, 0.05) is 33.8 Å². The summed E-state index contributed by atoms with van der Waals surface area (Å²) in [6.45, 7) is 3.43. The van der Waals surface area contributed by atoms with E-state index in [2.05, 4.69) is 5.32 Å². The van der Waals surface area contributed by atoms with Gasteiger partial charge >= 0.3 is 0 Å². The van der Waals surface area contributed by atoms with Crippen LogP contribution in [-0.2, 0) is 9.53 Å². The minimum Gasteiger partial charge on any atom is -0.380 e. The lowest BCUT2D eigenvalue weighted by Crippen LogP contribution is -2.57. The Balaban J connectivity index is 0.00000272. The molecule has 1 aromatic carbocycles. The summed E-state index contributed by atoms with van der Waals surface area (Å²) in [4.78, 5) is 29.5. The number of likely N-dealkylation sites (tertiary alicyclic amines) is 2. The van der Waals surface area contributed by atoms with E-state index in [-0.39, 0.29) is 35.9 Å². The largest absolute Gasteiger partial charge is 0.380 e. The van der Waals surface area contributed by atoms with Crippen LogP contribution in [-0.4, -0.2) is 74.6 Å². The van der Waals surface area contributed by atoms with Crippen LogP contribution in [0.25, 0.3) is 0 Å². The number of hydrogen-bond acceptors (Lipinski definition) is 4. The van der Waals surface area contributed by atoms with Gasteiger partial charge in [0.25, 0.3) is 5.91 Å². The standard InChI is InChI=1S/C23H32FN3O3.ClH/c1-26-15-18(30-2)14-23(22(26)29)7-11-27(12-8-23)21(28)19-13-17(3-4-20(19)24)16-5-9-25-10-6-16;/h3-4,13,16,18,25H,5-12,14-15H2,1-2H3;1H. The third-order valence-electron chi connectivity index (χ3n) is 7.27. The summed E-state index contributed by atoms with van der Waals surface area (Å²) >= 11 is 0. The van der Waals surface area contributed by atoms with Crippen molar-refractivity contribution in [1.82, 2.24) is 15.1 Å². The highest BCUT2D eigenvalue weighted by molar-refractivity contribution is 5.95. The molecule has 0 saturated carbocycles. The summed E-state index contributed by atoms with van der Waals surface area (Å²) in [5.74, 6) is -0.227. The van der Waals surface area contributed by atoms with Crippen molar-refractivity contribution in [3.63, 3.8) is 0 Å². The Morgan fingerprint density at radius 3 is 2.55 bits per heavy atom. The zero-order valence-electron chi connectivity index (χ0n) is 18.4. The molecule has 2 amide bonds. The number of halogens is 2. The van der Waals surface area contributed by atoms with E-state index in [0.29, 0.717) is 44.8 Å². The molecule has 1 spiro atoms. The molecule has 8 heteroatoms. The Morgan fingerprint density at radius 2 is 1.90 bits per heavy atom. The van der Waals surface area contributed by atoms with Gasteiger partial charge in [-0.25, -0.2) is 4.39 Å². The predicted octanol–water partition coefficient (Wildman–Crippen LogP) is 2.81. The molecule has 1 N–H and O–H groups in total. The molecular weight excluding hydrogens is 421 g/mol. The normalized spacial score (nSPS) is 24.2. The Labute approximate surface area is 189 Å². The summed E-state index contributed by atoms with van der Waals surface area (Å²) in [6, 6.07) is 4.99. The molecule has 4 rings (SSSR count). The Kier molecular flexibility index (Phi) is 7.60. The zero-order chi connectivity index (χ0) is 21.3. The minimum absolute atomic E-state index is 0. The number of nitrogens with zero attached hydrogens (tertiary/aromatic N) is 2. The topological polar surface area (TPSA) is 61.9 Å². The molecule has 0 aromatic heterocycles. The van der Waals surface area contributed by atoms with Crippen LogP contribution in [0.1, 0.15) is 53.9 Å². The molecule has 0 bridgehead atoms. The number of benzene rings is 1. The molecule has 31 heavy (non-hydrogen) atoms. The molecule has 3 saturated heterocycles. The molecule has 1 unspecified atom stereocenters. The molecule has 3 fully saturated rings. The lowest BCUT2D eigenvalue weighted by atomic mass is 9.71. The number of carbonyl (C=O) groups excluding carboxylic acids is 2. The summed E-state index contributed by atoms with van der Waals surface area (Å²) in [7, 11) is 3.49. The number of amides is 2. The number of hydrogen-bond donors (Lipinski definition) is 1. The van der Waals surface area contributed by atoms with Crippen LogP contribution in [0.5, 0.6) is 0 Å². The predicted molar refractivity (Wildman–Crippen MR) is 119 cm³/mol. The smallest absolute Gasteiger partial charge is 0.256 e. The van der Waals surface area contributed by atoms with Crippen molar-refractivity contribution in [2.45, 2.75) is 44.1 Å². The Morgan fingerprint density at radius 1 is 1.23 bits per heavy atom. The maximum absolute atomic E-state index is 14.6. The van der Waals surface area contributed by atoms with Crippen molar-refractivity contribution in [1.29, 1.82) is 0 Å². The quantitative estimate of drug-likeness (QED) is 0.764. The van der Waals surface area contributed by atoms with E-state index in [1.165, 1.54) is 6.07 Å². The van der Waals surface area contributed by atoms with Gasteiger partial charge in [0.1, 0.15) is 5.82 Å². The third-order valence-corrected chi connectivity index (χ3v) is 7.27. The second-order valence-electron chi connectivity index (χ2n) is 9.08. The minimum atomic E-state index is -0.472. The van der Waals surface area contributed by atoms with E-state index < -0.39 is 11.2 Å². The first kappa shape index (κ1) is 24.0. The lowest BCUT2D eigenvalue weighted by Gasteiger charge is -2.47. The second-order valence-corrected chi connectivity index (χ2v) is 9.08. The van der Waals surface area contributed by atoms with Gasteiger partial charge in [0.2, 0.25) is 5.91 Å². The highest BCUT2D eigenvalue weighted by Crippen LogP contribution is 2.41. The molecule has 1 atom stereocenters.